The van der Waals surface area contributed by atoms with Crippen molar-refractivity contribution in [2.24, 2.45) is 50.2 Å². The summed E-state index contributed by atoms with van der Waals surface area (Å²) in [6.45, 7) is 16.0. The molecular weight excluding hydrogens is 973 g/mol. The van der Waals surface area contributed by atoms with Crippen LogP contribution in [0.2, 0.25) is 0 Å². The number of aliphatic hydroxyl groups excluding tert-OH is 10. The van der Waals surface area contributed by atoms with Gasteiger partial charge in [0.15, 0.2) is 30.7 Å². The zero-order valence-corrected chi connectivity index (χ0v) is 43.8. The number of hydrogen-bond acceptors (Lipinski definition) is 20. The van der Waals surface area contributed by atoms with E-state index < -0.39 is 123 Å². The molecule has 0 radical (unpaired) electrons. The van der Waals surface area contributed by atoms with Gasteiger partial charge in [0.25, 0.3) is 0 Å². The van der Waals surface area contributed by atoms with E-state index in [1.165, 1.54) is 5.57 Å². The van der Waals surface area contributed by atoms with Crippen molar-refractivity contribution in [1.29, 1.82) is 0 Å². The second kappa shape index (κ2) is 20.0. The van der Waals surface area contributed by atoms with Crippen LogP contribution in [0.1, 0.15) is 120 Å². The number of carboxylic acids is 1. The summed E-state index contributed by atoms with van der Waals surface area (Å²) in [5, 5.41) is 118. The van der Waals surface area contributed by atoms with Crippen LogP contribution < -0.4 is 0 Å². The highest BCUT2D eigenvalue weighted by atomic mass is 16.8. The number of carboxylic acid groups (broad SMARTS) is 1. The summed E-state index contributed by atoms with van der Waals surface area (Å²) in [7, 11) is 0. The fraction of sp³-hybridized carbons (Fsp3) is 0.887. The molecule has 0 aromatic carbocycles. The lowest BCUT2D eigenvalue weighted by Crippen LogP contribution is -2.68. The van der Waals surface area contributed by atoms with E-state index in [4.69, 9.17) is 37.9 Å². The van der Waals surface area contributed by atoms with Crippen LogP contribution in [0.5, 0.6) is 0 Å². The number of rotatable bonds is 11. The summed E-state index contributed by atoms with van der Waals surface area (Å²) in [4.78, 5) is 25.2. The number of ketones is 1. The summed E-state index contributed by atoms with van der Waals surface area (Å²) in [6, 6.07) is 0. The van der Waals surface area contributed by atoms with Gasteiger partial charge in [-0.1, -0.05) is 60.1 Å². The molecule has 3 saturated heterocycles. The quantitative estimate of drug-likeness (QED) is 0.103. The average Bonchev–Trinajstić information content (AvgIpc) is 3.34. The minimum atomic E-state index is -2.06. The van der Waals surface area contributed by atoms with Gasteiger partial charge < -0.3 is 94.1 Å². The Morgan fingerprint density at radius 3 is 2.07 bits per heavy atom. The van der Waals surface area contributed by atoms with E-state index in [1.54, 1.807) is 6.92 Å². The lowest BCUT2D eigenvalue weighted by atomic mass is 9.33. The molecule has 420 valence electrons. The highest BCUT2D eigenvalue weighted by molar-refractivity contribution is 5.94. The van der Waals surface area contributed by atoms with Gasteiger partial charge >= 0.3 is 5.97 Å². The van der Waals surface area contributed by atoms with Crippen molar-refractivity contribution in [3.63, 3.8) is 0 Å². The highest BCUT2D eigenvalue weighted by Gasteiger charge is 2.70. The molecule has 11 N–H and O–H groups in total. The molecule has 7 fully saturated rings. The number of fused-ring (bicyclic) bond motifs is 7. The van der Waals surface area contributed by atoms with Crippen LogP contribution in [0.25, 0.3) is 0 Å². The van der Waals surface area contributed by atoms with E-state index >= 15 is 0 Å². The number of ether oxygens (including phenoxy) is 8. The summed E-state index contributed by atoms with van der Waals surface area (Å²) in [6.07, 6.45) is -17.5. The minimum absolute atomic E-state index is 0.0470. The number of aliphatic carboxylic acids is 1. The predicted molar refractivity (Wildman–Crippen MR) is 255 cm³/mol. The largest absolute Gasteiger partial charge is 0.502 e. The smallest absolute Gasteiger partial charge is 0.335 e. The van der Waals surface area contributed by atoms with Crippen molar-refractivity contribution in [3.8, 4) is 0 Å². The van der Waals surface area contributed by atoms with Gasteiger partial charge in [0.05, 0.1) is 38.4 Å². The van der Waals surface area contributed by atoms with E-state index in [0.717, 1.165) is 44.9 Å². The standard InChI is InChI=1S/C53H82O21/c1-23-34(58)26(56)17-33(68-23)70-32-19-48(2,3)18-25-24-9-10-30-50(5)13-12-31(51(6,22-55)29(50)11-14-53(30,8)52(24,7)16-15-49(25,32)4)71-47-43(39(63)38(62)41(72-47)44(65)66)74-46-42(35(59)27(57)21-67-46)73-45-40(64)37(61)36(60)28(20-54)69-45/h9,25,27-33,35-43,45-47,54-55,57-64H,10-22H2,1-8H3,(H,65,66). The normalized spacial score (nSPS) is 52.4. The van der Waals surface area contributed by atoms with E-state index in [2.05, 4.69) is 47.6 Å². The fourth-order valence-electron chi connectivity index (χ4n) is 16.1. The van der Waals surface area contributed by atoms with E-state index in [0.29, 0.717) is 12.8 Å². The molecule has 74 heavy (non-hydrogen) atoms. The molecule has 21 heteroatoms. The van der Waals surface area contributed by atoms with Crippen molar-refractivity contribution in [2.45, 2.75) is 224 Å². The van der Waals surface area contributed by atoms with Crippen molar-refractivity contribution in [2.75, 3.05) is 19.8 Å². The Balaban J connectivity index is 0.968. The van der Waals surface area contributed by atoms with Gasteiger partial charge in [0.1, 0.15) is 66.8 Å². The number of aliphatic hydroxyl groups is 10. The highest BCUT2D eigenvalue weighted by Crippen LogP contribution is 2.76. The second-order valence-corrected chi connectivity index (χ2v) is 25.4. The Bertz CT molecular complexity index is 2170. The lowest BCUT2D eigenvalue weighted by molar-refractivity contribution is -0.388. The molecule has 9 rings (SSSR count). The van der Waals surface area contributed by atoms with Crippen LogP contribution in [0.15, 0.2) is 23.2 Å². The van der Waals surface area contributed by atoms with E-state index in [1.807, 2.05) is 6.92 Å². The monoisotopic (exact) mass is 1050 g/mol. The van der Waals surface area contributed by atoms with Gasteiger partial charge in [0, 0.05) is 10.8 Å². The third kappa shape index (κ3) is 9.01. The van der Waals surface area contributed by atoms with Gasteiger partial charge in [0.2, 0.25) is 12.1 Å². The van der Waals surface area contributed by atoms with Crippen molar-refractivity contribution in [3.05, 3.63) is 23.2 Å². The minimum Gasteiger partial charge on any atom is -0.502 e. The van der Waals surface area contributed by atoms with Crippen molar-refractivity contribution >= 4 is 11.8 Å². The van der Waals surface area contributed by atoms with Crippen LogP contribution in [0.4, 0.5) is 0 Å². The van der Waals surface area contributed by atoms with Gasteiger partial charge in [-0.25, -0.2) is 4.79 Å². The van der Waals surface area contributed by atoms with Gasteiger partial charge in [-0.3, -0.25) is 4.79 Å². The predicted octanol–water partition coefficient (Wildman–Crippen LogP) is 1.45. The molecule has 9 aliphatic rings. The molecular formula is C53H82O21. The van der Waals surface area contributed by atoms with Crippen LogP contribution in [0, 0.1) is 50.2 Å². The molecule has 4 aliphatic heterocycles. The Morgan fingerprint density at radius 1 is 0.716 bits per heavy atom. The molecule has 0 aromatic rings. The van der Waals surface area contributed by atoms with Crippen LogP contribution >= 0.6 is 0 Å². The Labute approximate surface area is 431 Å². The Hall–Kier alpha value is -2.42. The van der Waals surface area contributed by atoms with Gasteiger partial charge in [-0.2, -0.15) is 0 Å². The van der Waals surface area contributed by atoms with Gasteiger partial charge in [-0.05, 0) is 104 Å². The number of carbonyl (C=O) groups excluding carboxylic acids is 1. The van der Waals surface area contributed by atoms with Crippen LogP contribution in [0.3, 0.4) is 0 Å². The number of Topliss-reactive ketones (excluding diaryl/α,β-unsaturated/α-hetero) is 1. The van der Waals surface area contributed by atoms with E-state index in [-0.39, 0.29) is 81.3 Å². The molecule has 0 amide bonds. The molecule has 0 spiro atoms. The maximum atomic E-state index is 12.7. The maximum absolute atomic E-state index is 12.7. The third-order valence-corrected chi connectivity index (χ3v) is 20.7. The zero-order chi connectivity index (χ0) is 54.0. The lowest BCUT2D eigenvalue weighted by Gasteiger charge is -2.72. The molecule has 21 nitrogen and oxygen atoms in total. The number of carbonyl (C=O) groups is 2. The van der Waals surface area contributed by atoms with Crippen molar-refractivity contribution in [1.82, 2.24) is 0 Å². The fourth-order valence-corrected chi connectivity index (χ4v) is 16.1. The Morgan fingerprint density at radius 2 is 1.41 bits per heavy atom. The maximum Gasteiger partial charge on any atom is 0.335 e. The summed E-state index contributed by atoms with van der Waals surface area (Å²) >= 11 is 0. The van der Waals surface area contributed by atoms with E-state index in [9.17, 15) is 65.8 Å². The van der Waals surface area contributed by atoms with Crippen LogP contribution in [-0.4, -0.2) is 192 Å². The van der Waals surface area contributed by atoms with Crippen molar-refractivity contribution < 1.29 is 104 Å². The first kappa shape index (κ1) is 56.3. The molecule has 0 bridgehead atoms. The molecule has 4 heterocycles. The first-order valence-electron chi connectivity index (χ1n) is 26.6. The average molecular weight is 1060 g/mol. The first-order valence-corrected chi connectivity index (χ1v) is 26.6. The number of allylic oxidation sites excluding steroid dienone is 4. The summed E-state index contributed by atoms with van der Waals surface area (Å²) in [5.74, 6) is -1.90. The van der Waals surface area contributed by atoms with Crippen LogP contribution in [-0.2, 0) is 47.5 Å². The molecule has 5 aliphatic carbocycles. The summed E-state index contributed by atoms with van der Waals surface area (Å²) in [5.41, 5.74) is -0.479. The number of hydrogen-bond donors (Lipinski definition) is 11. The second-order valence-electron chi connectivity index (χ2n) is 25.4. The Kier molecular flexibility index (Phi) is 15.2. The molecule has 0 aromatic heterocycles. The summed E-state index contributed by atoms with van der Waals surface area (Å²) < 4.78 is 48.7. The molecule has 25 unspecified atom stereocenters. The first-order chi connectivity index (χ1) is 34.6. The zero-order valence-electron chi connectivity index (χ0n) is 43.8. The SMILES string of the molecule is CC1=C(O)C(=O)CC(OC2CC(C)(C)CC3C4=CCC5C6(C)CCC(OC7OC(C(=O)O)C(O)C(O)C7OC7OCC(O)C(O)C7OC7OC(CO)C(O)C(O)C7O)C(C)(CO)C6CCC5(C)C4(C)CCC23C)O1. The molecule has 4 saturated carbocycles. The topological polar surface area (TPSA) is 331 Å². The van der Waals surface area contributed by atoms with Gasteiger partial charge in [-0.15, -0.1) is 0 Å². The third-order valence-electron chi connectivity index (χ3n) is 20.7. The molecule has 25 atom stereocenters.